The Labute approximate surface area is 409 Å². The molecule has 0 saturated heterocycles. The van der Waals surface area contributed by atoms with Gasteiger partial charge in [-0.25, -0.2) is 0 Å². The molecule has 0 spiro atoms. The number of amides is 4. The number of ether oxygens (including phenoxy) is 3. The topological polar surface area (TPSA) is 156 Å². The molecule has 0 bridgehead atoms. The highest BCUT2D eigenvalue weighted by molar-refractivity contribution is 6.14. The number of rotatable bonds is 15. The highest BCUT2D eigenvalue weighted by atomic mass is 16.5. The molecule has 4 atom stereocenters. The highest BCUT2D eigenvalue weighted by Crippen LogP contribution is 2.42. The van der Waals surface area contributed by atoms with Gasteiger partial charge in [-0.2, -0.15) is 0 Å². The number of methoxy groups -OCH3 is 1. The number of carbonyl (C=O) groups is 5. The number of fused-ring (bicyclic) bond motifs is 8. The first-order valence-corrected chi connectivity index (χ1v) is 24.3. The van der Waals surface area contributed by atoms with Crippen molar-refractivity contribution in [1.29, 1.82) is 0 Å². The Balaban J connectivity index is 0.940. The summed E-state index contributed by atoms with van der Waals surface area (Å²) in [7, 11) is 1.55. The molecule has 0 aromatic heterocycles. The predicted octanol–water partition coefficient (Wildman–Crippen LogP) is 9.83. The van der Waals surface area contributed by atoms with Gasteiger partial charge in [0.15, 0.2) is 17.3 Å². The summed E-state index contributed by atoms with van der Waals surface area (Å²) >= 11 is 0. The molecule has 13 heteroatoms. The second kappa shape index (κ2) is 19.6. The van der Waals surface area contributed by atoms with Crippen LogP contribution in [0.4, 0.5) is 22.7 Å². The van der Waals surface area contributed by atoms with Gasteiger partial charge in [-0.3, -0.25) is 33.9 Å². The Kier molecular flexibility index (Phi) is 13.4. The van der Waals surface area contributed by atoms with Crippen LogP contribution in [0.5, 0.6) is 17.2 Å². The Morgan fingerprint density at radius 1 is 0.771 bits per heavy atom. The minimum absolute atomic E-state index is 0.0172. The number of hydrogen-bond donors (Lipinski definition) is 2. The van der Waals surface area contributed by atoms with Crippen molar-refractivity contribution >= 4 is 58.4 Å². The molecule has 4 aliphatic rings. The van der Waals surface area contributed by atoms with Crippen LogP contribution in [0, 0.1) is 18.3 Å². The van der Waals surface area contributed by atoms with Crippen molar-refractivity contribution in [3.05, 3.63) is 136 Å². The number of Topliss-reactive ketones (excluding diaryl/α,β-unsaturated/α-hetero) is 1. The van der Waals surface area contributed by atoms with Gasteiger partial charge in [0.25, 0.3) is 11.8 Å². The number of hydrogen-bond acceptors (Lipinski definition) is 9. The second-order valence-corrected chi connectivity index (χ2v) is 20.4. The largest absolute Gasteiger partial charge is 0.493 e. The van der Waals surface area contributed by atoms with E-state index in [1.807, 2.05) is 95.7 Å². The monoisotopic (exact) mass is 943 g/mol. The summed E-state index contributed by atoms with van der Waals surface area (Å²) in [5, 5.41) is 5.81. The lowest BCUT2D eigenvalue weighted by atomic mass is 9.90. The number of nitrogens with zero attached hydrogens (tertiary/aromatic N) is 3. The summed E-state index contributed by atoms with van der Waals surface area (Å²) in [5.74, 6) is -0.206. The molecule has 9 rings (SSSR count). The van der Waals surface area contributed by atoms with Gasteiger partial charge in [-0.05, 0) is 127 Å². The zero-order valence-corrected chi connectivity index (χ0v) is 41.0. The molecule has 362 valence electrons. The Morgan fingerprint density at radius 2 is 1.43 bits per heavy atom. The minimum atomic E-state index is -0.738. The van der Waals surface area contributed by atoms with Gasteiger partial charge < -0.3 is 29.7 Å². The number of para-hydroxylation sites is 2. The van der Waals surface area contributed by atoms with Crippen molar-refractivity contribution in [2.45, 2.75) is 118 Å². The van der Waals surface area contributed by atoms with Gasteiger partial charge in [0.1, 0.15) is 19.0 Å². The summed E-state index contributed by atoms with van der Waals surface area (Å²) in [6.45, 7) is 11.6. The van der Waals surface area contributed by atoms with E-state index in [2.05, 4.69) is 37.5 Å². The van der Waals surface area contributed by atoms with Crippen molar-refractivity contribution in [3.63, 3.8) is 0 Å². The van der Waals surface area contributed by atoms with Gasteiger partial charge in [-0.1, -0.05) is 64.1 Å². The number of nitrogens with one attached hydrogen (secondary N) is 2. The number of aliphatic imine (C=N–C) groups is 1. The zero-order chi connectivity index (χ0) is 49.4. The quantitative estimate of drug-likeness (QED) is 0.105. The van der Waals surface area contributed by atoms with E-state index >= 15 is 0 Å². The number of ketones is 1. The van der Waals surface area contributed by atoms with E-state index in [-0.39, 0.29) is 66.5 Å². The first kappa shape index (κ1) is 47.8. The molecule has 0 radical (unpaired) electrons. The molecule has 0 aliphatic carbocycles. The van der Waals surface area contributed by atoms with Crippen LogP contribution in [0.25, 0.3) is 0 Å². The van der Waals surface area contributed by atoms with Crippen LogP contribution in [0.2, 0.25) is 0 Å². The van der Waals surface area contributed by atoms with Crippen LogP contribution in [0.3, 0.4) is 0 Å². The number of carbonyl (C=O) groups excluding carboxylic acids is 5. The Bertz CT molecular complexity index is 2940. The molecule has 2 N–H and O–H groups in total. The summed E-state index contributed by atoms with van der Waals surface area (Å²) in [5.41, 5.74) is 9.29. The molecule has 5 aromatic rings. The highest BCUT2D eigenvalue weighted by Gasteiger charge is 2.39. The number of aryl methyl sites for hydroxylation is 2. The van der Waals surface area contributed by atoms with Gasteiger partial charge in [0.05, 0.1) is 30.4 Å². The lowest BCUT2D eigenvalue weighted by molar-refractivity contribution is -0.129. The maximum atomic E-state index is 14.1. The van der Waals surface area contributed by atoms with E-state index in [0.29, 0.717) is 71.0 Å². The summed E-state index contributed by atoms with van der Waals surface area (Å²) in [6.07, 6.45) is 5.77. The predicted molar refractivity (Wildman–Crippen MR) is 271 cm³/mol. The van der Waals surface area contributed by atoms with Gasteiger partial charge >= 0.3 is 0 Å². The zero-order valence-electron chi connectivity index (χ0n) is 41.0. The van der Waals surface area contributed by atoms with Gasteiger partial charge in [0.2, 0.25) is 11.8 Å². The fraction of sp³-hybridized carbons (Fsp3) is 0.368. The fourth-order valence-electron chi connectivity index (χ4n) is 9.94. The van der Waals surface area contributed by atoms with Crippen molar-refractivity contribution in [2.75, 3.05) is 22.2 Å². The standard InChI is InChI=1S/C57H61N5O8/c1-33-20-45-46(58-30-43-26-40-13-9-11-15-48(40)62(43)56(45)67)29-50(33)69-31-36-22-37(24-41(23-36)60-54(65)34(2)21-49(63)35(3)59-53(64)18-19-57(4,5)6)32-70-52-27-38-16-17-42-25-39-12-8-10-14-47(39)61(42)55(66)44(38)28-51(52)68-7/h8-15,20,22-24,27-30,34-35,42-43H,16-19,21,25-26,31-32H2,1-7H3,(H,59,64)(H,60,65)/t34-,35+,42-,43+/m1/s1. The molecule has 5 aromatic carbocycles. The van der Waals surface area contributed by atoms with E-state index in [1.54, 1.807) is 33.1 Å². The third-order valence-corrected chi connectivity index (χ3v) is 13.8. The first-order valence-electron chi connectivity index (χ1n) is 24.3. The molecule has 4 aliphatic heterocycles. The van der Waals surface area contributed by atoms with Crippen LogP contribution in [0.1, 0.15) is 114 Å². The molecule has 0 saturated carbocycles. The maximum absolute atomic E-state index is 14.1. The SMILES string of the molecule is COc1cc2c(cc1OCc1cc(COc3cc4c(cc3C)C(=O)N3c5ccccc5C[C@H]3C=N4)cc(NC(=O)[C@H](C)CC(=O)[C@H](C)NC(=O)CCC(C)(C)C)c1)CC[C@@H]1Cc3ccccc3N1C2=O. The van der Waals surface area contributed by atoms with E-state index < -0.39 is 12.0 Å². The smallest absolute Gasteiger partial charge is 0.261 e. The van der Waals surface area contributed by atoms with Crippen LogP contribution < -0.4 is 34.6 Å². The third kappa shape index (κ3) is 10.1. The maximum Gasteiger partial charge on any atom is 0.261 e. The van der Waals surface area contributed by atoms with E-state index in [0.717, 1.165) is 46.5 Å². The van der Waals surface area contributed by atoms with Crippen LogP contribution >= 0.6 is 0 Å². The van der Waals surface area contributed by atoms with Crippen molar-refractivity contribution < 1.29 is 38.2 Å². The normalized spacial score (nSPS) is 17.4. The lowest BCUT2D eigenvalue weighted by Crippen LogP contribution is -2.40. The van der Waals surface area contributed by atoms with Gasteiger partial charge in [0, 0.05) is 66.1 Å². The van der Waals surface area contributed by atoms with E-state index in [4.69, 9.17) is 19.2 Å². The first-order chi connectivity index (χ1) is 33.5. The summed E-state index contributed by atoms with van der Waals surface area (Å²) < 4.78 is 18.8. The third-order valence-electron chi connectivity index (χ3n) is 13.8. The molecule has 13 nitrogen and oxygen atoms in total. The molecular formula is C57H61N5O8. The molecule has 70 heavy (non-hydrogen) atoms. The fourth-order valence-corrected chi connectivity index (χ4v) is 9.94. The number of anilines is 3. The molecule has 4 amide bonds. The lowest BCUT2D eigenvalue weighted by Gasteiger charge is -2.23. The minimum Gasteiger partial charge on any atom is -0.493 e. The summed E-state index contributed by atoms with van der Waals surface area (Å²) in [4.78, 5) is 76.3. The van der Waals surface area contributed by atoms with Crippen molar-refractivity contribution in [3.8, 4) is 17.2 Å². The molecule has 0 unspecified atom stereocenters. The molecule has 0 fully saturated rings. The Hall–Kier alpha value is -7.28. The van der Waals surface area contributed by atoms with Crippen molar-refractivity contribution in [2.24, 2.45) is 16.3 Å². The van der Waals surface area contributed by atoms with Crippen molar-refractivity contribution in [1.82, 2.24) is 5.32 Å². The average molecular weight is 944 g/mol. The second-order valence-electron chi connectivity index (χ2n) is 20.4. The van der Waals surface area contributed by atoms with Gasteiger partial charge in [-0.15, -0.1) is 0 Å². The van der Waals surface area contributed by atoms with Crippen LogP contribution in [-0.2, 0) is 46.9 Å². The number of benzene rings is 5. The van der Waals surface area contributed by atoms with E-state index in [9.17, 15) is 24.0 Å². The van der Waals surface area contributed by atoms with E-state index in [1.165, 1.54) is 5.56 Å². The average Bonchev–Trinajstić information content (AvgIpc) is 3.83. The molecule has 4 heterocycles. The summed E-state index contributed by atoms with van der Waals surface area (Å²) in [6, 6.07) is 28.0. The van der Waals surface area contributed by atoms with Crippen LogP contribution in [0.15, 0.2) is 96.0 Å². The van der Waals surface area contributed by atoms with Crippen LogP contribution in [-0.4, -0.2) is 60.9 Å². The Morgan fingerprint density at radius 3 is 2.13 bits per heavy atom. The molecular weight excluding hydrogens is 883 g/mol.